The van der Waals surface area contributed by atoms with Gasteiger partial charge in [0.1, 0.15) is 11.8 Å². The Hall–Kier alpha value is -1.44. The first kappa shape index (κ1) is 13.5. The average Bonchev–Trinajstić information content (AvgIpc) is 3.03. The molecule has 0 amide bonds. The van der Waals surface area contributed by atoms with E-state index in [0.717, 1.165) is 31.2 Å². The van der Waals surface area contributed by atoms with Crippen LogP contribution in [0.5, 0.6) is 0 Å². The molecule has 2 heterocycles. The summed E-state index contributed by atoms with van der Waals surface area (Å²) in [5.74, 6) is 0. The monoisotopic (exact) mass is 270 g/mol. The Balaban J connectivity index is 1.54. The molecule has 0 N–H and O–H groups in total. The van der Waals surface area contributed by atoms with E-state index in [1.54, 1.807) is 6.20 Å². The second kappa shape index (κ2) is 6.34. The fourth-order valence-electron chi connectivity index (χ4n) is 3.46. The Morgan fingerprint density at radius 1 is 1.20 bits per heavy atom. The van der Waals surface area contributed by atoms with Gasteiger partial charge in [-0.05, 0) is 18.9 Å². The van der Waals surface area contributed by atoms with Crippen LogP contribution in [-0.4, -0.2) is 47.0 Å². The van der Waals surface area contributed by atoms with Gasteiger partial charge >= 0.3 is 0 Å². The van der Waals surface area contributed by atoms with Gasteiger partial charge in [0, 0.05) is 50.5 Å². The molecule has 1 saturated carbocycles. The van der Waals surface area contributed by atoms with E-state index >= 15 is 0 Å². The van der Waals surface area contributed by atoms with Crippen molar-refractivity contribution in [2.75, 3.05) is 26.2 Å². The fourth-order valence-corrected chi connectivity index (χ4v) is 3.46. The molecule has 2 fully saturated rings. The van der Waals surface area contributed by atoms with Crippen molar-refractivity contribution in [1.29, 1.82) is 5.26 Å². The second-order valence-electron chi connectivity index (χ2n) is 5.87. The molecule has 1 aliphatic carbocycles. The zero-order valence-electron chi connectivity index (χ0n) is 12.0. The maximum Gasteiger partial charge on any atom is 0.144 e. The van der Waals surface area contributed by atoms with Crippen molar-refractivity contribution >= 4 is 0 Å². The third-order valence-corrected chi connectivity index (χ3v) is 4.64. The third-order valence-electron chi connectivity index (χ3n) is 4.64. The number of hydrogen-bond acceptors (Lipinski definition) is 4. The summed E-state index contributed by atoms with van der Waals surface area (Å²) in [5.41, 5.74) is 1.63. The maximum atomic E-state index is 9.09. The van der Waals surface area contributed by atoms with Gasteiger partial charge in [-0.25, -0.2) is 4.98 Å². The normalized spacial score (nSPS) is 21.9. The second-order valence-corrected chi connectivity index (χ2v) is 5.87. The van der Waals surface area contributed by atoms with E-state index in [4.69, 9.17) is 5.26 Å². The molecule has 4 heteroatoms. The molecule has 3 rings (SSSR count). The molecule has 1 aliphatic heterocycles. The summed E-state index contributed by atoms with van der Waals surface area (Å²) in [6.45, 7) is 5.42. The number of rotatable bonds is 3. The van der Waals surface area contributed by atoms with Crippen LogP contribution in [0.2, 0.25) is 0 Å². The van der Waals surface area contributed by atoms with Crippen molar-refractivity contribution in [3.8, 4) is 6.07 Å². The highest BCUT2D eigenvalue weighted by Crippen LogP contribution is 2.24. The predicted molar refractivity (Wildman–Crippen MR) is 78.1 cm³/mol. The lowest BCUT2D eigenvalue weighted by atomic mass is 10.1. The summed E-state index contributed by atoms with van der Waals surface area (Å²) in [7, 11) is 0. The summed E-state index contributed by atoms with van der Waals surface area (Å²) >= 11 is 0. The highest BCUT2D eigenvalue weighted by atomic mass is 15.3. The van der Waals surface area contributed by atoms with Crippen molar-refractivity contribution in [1.82, 2.24) is 14.8 Å². The van der Waals surface area contributed by atoms with Crippen molar-refractivity contribution in [2.45, 2.75) is 38.3 Å². The highest BCUT2D eigenvalue weighted by molar-refractivity contribution is 5.30. The summed E-state index contributed by atoms with van der Waals surface area (Å²) in [4.78, 5) is 9.25. The van der Waals surface area contributed by atoms with Gasteiger partial charge in [0.15, 0.2) is 0 Å². The molecular formula is C16H22N4. The first-order chi connectivity index (χ1) is 9.86. The quantitative estimate of drug-likeness (QED) is 0.842. The van der Waals surface area contributed by atoms with E-state index in [0.29, 0.717) is 5.69 Å². The van der Waals surface area contributed by atoms with Crippen LogP contribution in [0.4, 0.5) is 0 Å². The number of hydrogen-bond donors (Lipinski definition) is 0. The number of pyridine rings is 1. The zero-order chi connectivity index (χ0) is 13.8. The van der Waals surface area contributed by atoms with Gasteiger partial charge in [-0.2, -0.15) is 5.26 Å². The van der Waals surface area contributed by atoms with Gasteiger partial charge in [-0.3, -0.25) is 9.80 Å². The summed E-state index contributed by atoms with van der Waals surface area (Å²) < 4.78 is 0. The molecule has 20 heavy (non-hydrogen) atoms. The lowest BCUT2D eigenvalue weighted by Gasteiger charge is -2.38. The van der Waals surface area contributed by atoms with Crippen LogP contribution in [0.15, 0.2) is 18.3 Å². The number of nitrogens with zero attached hydrogens (tertiary/aromatic N) is 4. The summed E-state index contributed by atoms with van der Waals surface area (Å²) in [6, 6.07) is 6.97. The van der Waals surface area contributed by atoms with E-state index in [2.05, 4.69) is 20.9 Å². The number of aromatic nitrogens is 1. The van der Waals surface area contributed by atoms with E-state index < -0.39 is 0 Å². The van der Waals surface area contributed by atoms with Crippen molar-refractivity contribution < 1.29 is 0 Å². The third kappa shape index (κ3) is 3.00. The standard InChI is InChI=1S/C16H22N4/c17-12-16-14(4-3-7-18-16)13-19-8-10-20(11-9-19)15-5-1-2-6-15/h3-4,7,15H,1-2,5-6,8-11,13H2. The molecule has 4 nitrogen and oxygen atoms in total. The number of piperazine rings is 1. The van der Waals surface area contributed by atoms with Crippen LogP contribution in [0.3, 0.4) is 0 Å². The highest BCUT2D eigenvalue weighted by Gasteiger charge is 2.26. The van der Waals surface area contributed by atoms with Crippen LogP contribution < -0.4 is 0 Å². The molecular weight excluding hydrogens is 248 g/mol. The van der Waals surface area contributed by atoms with Gasteiger partial charge in [0.2, 0.25) is 0 Å². The smallest absolute Gasteiger partial charge is 0.144 e. The lowest BCUT2D eigenvalue weighted by molar-refractivity contribution is 0.0936. The first-order valence-corrected chi connectivity index (χ1v) is 7.67. The van der Waals surface area contributed by atoms with Gasteiger partial charge in [0.25, 0.3) is 0 Å². The van der Waals surface area contributed by atoms with Crippen LogP contribution >= 0.6 is 0 Å². The molecule has 1 aromatic rings. The van der Waals surface area contributed by atoms with Crippen molar-refractivity contribution in [3.63, 3.8) is 0 Å². The summed E-state index contributed by atoms with van der Waals surface area (Å²) in [6.07, 6.45) is 7.29. The molecule has 1 aromatic heterocycles. The Bertz CT molecular complexity index is 479. The van der Waals surface area contributed by atoms with Gasteiger partial charge in [-0.1, -0.05) is 18.9 Å². The van der Waals surface area contributed by atoms with Gasteiger partial charge in [-0.15, -0.1) is 0 Å². The van der Waals surface area contributed by atoms with Gasteiger partial charge < -0.3 is 0 Å². The minimum absolute atomic E-state index is 0.575. The maximum absolute atomic E-state index is 9.09. The van der Waals surface area contributed by atoms with Crippen LogP contribution in [0.1, 0.15) is 36.9 Å². The van der Waals surface area contributed by atoms with Crippen LogP contribution in [0, 0.1) is 11.3 Å². The van der Waals surface area contributed by atoms with Crippen LogP contribution in [0.25, 0.3) is 0 Å². The lowest BCUT2D eigenvalue weighted by Crippen LogP contribution is -2.49. The minimum atomic E-state index is 0.575. The Morgan fingerprint density at radius 3 is 2.65 bits per heavy atom. The molecule has 0 aromatic carbocycles. The fraction of sp³-hybridized carbons (Fsp3) is 0.625. The van der Waals surface area contributed by atoms with E-state index in [1.165, 1.54) is 38.8 Å². The molecule has 0 unspecified atom stereocenters. The Morgan fingerprint density at radius 2 is 1.95 bits per heavy atom. The average molecular weight is 270 g/mol. The molecule has 0 atom stereocenters. The van der Waals surface area contributed by atoms with Crippen LogP contribution in [-0.2, 0) is 6.54 Å². The zero-order valence-corrected chi connectivity index (χ0v) is 12.0. The molecule has 2 aliphatic rings. The number of nitriles is 1. The largest absolute Gasteiger partial charge is 0.298 e. The van der Waals surface area contributed by atoms with E-state index in [1.807, 2.05) is 12.1 Å². The SMILES string of the molecule is N#Cc1ncccc1CN1CCN(C2CCCC2)CC1. The summed E-state index contributed by atoms with van der Waals surface area (Å²) in [5, 5.41) is 9.09. The Kier molecular flexibility index (Phi) is 4.29. The Labute approximate surface area is 121 Å². The molecule has 0 bridgehead atoms. The molecule has 106 valence electrons. The van der Waals surface area contributed by atoms with Crippen molar-refractivity contribution in [2.24, 2.45) is 0 Å². The molecule has 0 radical (unpaired) electrons. The minimum Gasteiger partial charge on any atom is -0.298 e. The van der Waals surface area contributed by atoms with E-state index in [9.17, 15) is 0 Å². The topological polar surface area (TPSA) is 43.2 Å². The molecule has 1 saturated heterocycles. The molecule has 0 spiro atoms. The van der Waals surface area contributed by atoms with Gasteiger partial charge in [0.05, 0.1) is 0 Å². The predicted octanol–water partition coefficient (Wildman–Crippen LogP) is 2.01. The first-order valence-electron chi connectivity index (χ1n) is 7.67. The van der Waals surface area contributed by atoms with E-state index in [-0.39, 0.29) is 0 Å². The van der Waals surface area contributed by atoms with Crippen molar-refractivity contribution in [3.05, 3.63) is 29.6 Å².